The van der Waals surface area contributed by atoms with E-state index in [0.29, 0.717) is 10.6 Å². The number of carbonyl (C=O) groups excluding carboxylic acids is 1. The highest BCUT2D eigenvalue weighted by Gasteiger charge is 2.36. The smallest absolute Gasteiger partial charge is 0.315 e. The number of aromatic nitrogens is 2. The van der Waals surface area contributed by atoms with E-state index >= 15 is 0 Å². The van der Waals surface area contributed by atoms with Gasteiger partial charge in [0, 0.05) is 16.6 Å². The molecule has 9 nitrogen and oxygen atoms in total. The third-order valence-corrected chi connectivity index (χ3v) is 6.97. The zero-order chi connectivity index (χ0) is 23.0. The lowest BCUT2D eigenvalue weighted by atomic mass is 10.1. The summed E-state index contributed by atoms with van der Waals surface area (Å²) in [4.78, 5) is 14.5. The molecule has 2 aromatic carbocycles. The van der Waals surface area contributed by atoms with Gasteiger partial charge in [-0.25, -0.2) is 8.42 Å². The molecule has 3 aromatic rings. The summed E-state index contributed by atoms with van der Waals surface area (Å²) in [6.07, 6.45) is 0. The van der Waals surface area contributed by atoms with Gasteiger partial charge in [0.15, 0.2) is 9.84 Å². The standard InChI is InChI=1S/C21H22ClN5O4S/c1-12(2)24-21-26-25-19(31-21)14-5-8-18-17(9-14)27(10-13-3-6-15(22)7-4-13)20(28)16(23)11-32(18,29)30/h3-9,12,16H,10-11,23H2,1-2H3,(H,24,26)/t16-/m0/s1. The van der Waals surface area contributed by atoms with Crippen LogP contribution in [0.3, 0.4) is 0 Å². The van der Waals surface area contributed by atoms with E-state index in [9.17, 15) is 13.2 Å². The van der Waals surface area contributed by atoms with Crippen LogP contribution in [-0.2, 0) is 21.2 Å². The molecular formula is C21H22ClN5O4S. The fraction of sp³-hybridized carbons (Fsp3) is 0.286. The molecule has 4 rings (SSSR count). The van der Waals surface area contributed by atoms with Crippen molar-refractivity contribution < 1.29 is 17.6 Å². The number of sulfone groups is 1. The van der Waals surface area contributed by atoms with Gasteiger partial charge in [0.05, 0.1) is 28.9 Å². The van der Waals surface area contributed by atoms with Gasteiger partial charge in [0.1, 0.15) is 0 Å². The van der Waals surface area contributed by atoms with Gasteiger partial charge >= 0.3 is 6.01 Å². The number of anilines is 2. The van der Waals surface area contributed by atoms with Gasteiger partial charge in [-0.05, 0) is 49.7 Å². The summed E-state index contributed by atoms with van der Waals surface area (Å²) >= 11 is 5.96. The molecule has 0 bridgehead atoms. The monoisotopic (exact) mass is 475 g/mol. The Balaban J connectivity index is 1.81. The molecule has 3 N–H and O–H groups in total. The number of hydrogen-bond donors (Lipinski definition) is 2. The molecule has 1 aromatic heterocycles. The Bertz CT molecular complexity index is 1260. The van der Waals surface area contributed by atoms with E-state index in [-0.39, 0.29) is 35.1 Å². The molecule has 32 heavy (non-hydrogen) atoms. The number of carbonyl (C=O) groups is 1. The van der Waals surface area contributed by atoms with Crippen molar-refractivity contribution in [3.8, 4) is 11.5 Å². The van der Waals surface area contributed by atoms with Gasteiger partial charge in [-0.1, -0.05) is 28.8 Å². The molecule has 11 heteroatoms. The van der Waals surface area contributed by atoms with Crippen LogP contribution in [0.15, 0.2) is 51.8 Å². The Morgan fingerprint density at radius 3 is 2.62 bits per heavy atom. The minimum Gasteiger partial charge on any atom is -0.403 e. The van der Waals surface area contributed by atoms with Crippen LogP contribution in [0.4, 0.5) is 11.7 Å². The molecule has 0 aliphatic carbocycles. The zero-order valence-electron chi connectivity index (χ0n) is 17.4. The van der Waals surface area contributed by atoms with Gasteiger partial charge in [0.2, 0.25) is 11.8 Å². The minimum absolute atomic E-state index is 0.0246. The fourth-order valence-corrected chi connectivity index (χ4v) is 5.11. The van der Waals surface area contributed by atoms with Crippen LogP contribution in [-0.4, -0.2) is 42.4 Å². The van der Waals surface area contributed by atoms with Crippen LogP contribution in [0.25, 0.3) is 11.5 Å². The van der Waals surface area contributed by atoms with Crippen molar-refractivity contribution in [2.45, 2.75) is 37.4 Å². The summed E-state index contributed by atoms with van der Waals surface area (Å²) in [7, 11) is -3.79. The van der Waals surface area contributed by atoms with Crippen LogP contribution in [0, 0.1) is 0 Å². The second-order valence-electron chi connectivity index (χ2n) is 7.83. The molecule has 0 fully saturated rings. The number of hydrogen-bond acceptors (Lipinski definition) is 8. The molecule has 1 aliphatic heterocycles. The lowest BCUT2D eigenvalue weighted by Crippen LogP contribution is -2.45. The first kappa shape index (κ1) is 22.3. The summed E-state index contributed by atoms with van der Waals surface area (Å²) < 4.78 is 31.5. The number of fused-ring (bicyclic) bond motifs is 1. The van der Waals surface area contributed by atoms with E-state index in [4.69, 9.17) is 21.8 Å². The van der Waals surface area contributed by atoms with Crippen molar-refractivity contribution in [1.82, 2.24) is 10.2 Å². The molecule has 168 valence electrons. The van der Waals surface area contributed by atoms with Crippen LogP contribution >= 0.6 is 11.6 Å². The molecule has 2 heterocycles. The maximum absolute atomic E-state index is 13.1. The summed E-state index contributed by atoms with van der Waals surface area (Å²) in [5.41, 5.74) is 7.42. The molecule has 1 amide bonds. The maximum Gasteiger partial charge on any atom is 0.315 e. The third-order valence-electron chi connectivity index (χ3n) is 4.91. The molecule has 1 atom stereocenters. The highest BCUT2D eigenvalue weighted by Crippen LogP contribution is 2.35. The Hall–Kier alpha value is -2.95. The van der Waals surface area contributed by atoms with E-state index in [1.807, 2.05) is 13.8 Å². The molecule has 0 saturated heterocycles. The second-order valence-corrected chi connectivity index (χ2v) is 10.3. The van der Waals surface area contributed by atoms with Crippen molar-refractivity contribution >= 4 is 39.0 Å². The molecule has 0 radical (unpaired) electrons. The van der Waals surface area contributed by atoms with E-state index in [2.05, 4.69) is 15.5 Å². The summed E-state index contributed by atoms with van der Waals surface area (Å²) in [6.45, 7) is 3.99. The van der Waals surface area contributed by atoms with Gasteiger partial charge < -0.3 is 20.4 Å². The summed E-state index contributed by atoms with van der Waals surface area (Å²) in [6, 6.07) is 10.7. The molecule has 0 unspecified atom stereocenters. The highest BCUT2D eigenvalue weighted by atomic mass is 35.5. The second kappa shape index (κ2) is 8.53. The van der Waals surface area contributed by atoms with Crippen LogP contribution in [0.5, 0.6) is 0 Å². The number of nitrogens with one attached hydrogen (secondary N) is 1. The minimum atomic E-state index is -3.79. The molecule has 1 aliphatic rings. The number of halogens is 1. The Kier molecular flexibility index (Phi) is 5.93. The first-order valence-corrected chi connectivity index (χ1v) is 12.0. The van der Waals surface area contributed by atoms with Crippen molar-refractivity contribution in [3.63, 3.8) is 0 Å². The van der Waals surface area contributed by atoms with Crippen molar-refractivity contribution in [2.24, 2.45) is 5.73 Å². The number of nitrogens with two attached hydrogens (primary N) is 1. The topological polar surface area (TPSA) is 131 Å². The molecule has 0 spiro atoms. The fourth-order valence-electron chi connectivity index (χ4n) is 3.42. The zero-order valence-corrected chi connectivity index (χ0v) is 19.0. The van der Waals surface area contributed by atoms with E-state index < -0.39 is 27.5 Å². The van der Waals surface area contributed by atoms with E-state index in [0.717, 1.165) is 5.56 Å². The van der Waals surface area contributed by atoms with Crippen LogP contribution < -0.4 is 16.0 Å². The van der Waals surface area contributed by atoms with Gasteiger partial charge in [-0.15, -0.1) is 5.10 Å². The number of amides is 1. The predicted octanol–water partition coefficient (Wildman–Crippen LogP) is 2.86. The Morgan fingerprint density at radius 2 is 1.94 bits per heavy atom. The Labute approximate surface area is 190 Å². The lowest BCUT2D eigenvalue weighted by Gasteiger charge is -2.24. The summed E-state index contributed by atoms with van der Waals surface area (Å²) in [5.74, 6) is -0.772. The normalized spacial score (nSPS) is 17.8. The predicted molar refractivity (Wildman–Crippen MR) is 121 cm³/mol. The first-order chi connectivity index (χ1) is 15.1. The van der Waals surface area contributed by atoms with E-state index in [1.54, 1.807) is 36.4 Å². The van der Waals surface area contributed by atoms with Crippen molar-refractivity contribution in [3.05, 3.63) is 53.1 Å². The van der Waals surface area contributed by atoms with Crippen molar-refractivity contribution in [1.29, 1.82) is 0 Å². The van der Waals surface area contributed by atoms with Gasteiger partial charge in [-0.3, -0.25) is 4.79 Å². The number of rotatable bonds is 5. The highest BCUT2D eigenvalue weighted by molar-refractivity contribution is 7.91. The average Bonchev–Trinajstić information content (AvgIpc) is 3.17. The third kappa shape index (κ3) is 4.47. The van der Waals surface area contributed by atoms with Crippen LogP contribution in [0.1, 0.15) is 19.4 Å². The van der Waals surface area contributed by atoms with Crippen LogP contribution in [0.2, 0.25) is 5.02 Å². The summed E-state index contributed by atoms with van der Waals surface area (Å²) in [5, 5.41) is 11.6. The maximum atomic E-state index is 13.1. The SMILES string of the molecule is CC(C)Nc1nnc(-c2ccc3c(c2)N(Cc2ccc(Cl)cc2)C(=O)[C@@H](N)CS3(=O)=O)o1. The number of benzene rings is 2. The first-order valence-electron chi connectivity index (χ1n) is 9.92. The molecule has 0 saturated carbocycles. The molecular weight excluding hydrogens is 454 g/mol. The van der Waals surface area contributed by atoms with E-state index in [1.165, 1.54) is 11.0 Å². The average molecular weight is 476 g/mol. The van der Waals surface area contributed by atoms with Gasteiger partial charge in [-0.2, -0.15) is 0 Å². The quantitative estimate of drug-likeness (QED) is 0.575. The largest absolute Gasteiger partial charge is 0.403 e. The van der Waals surface area contributed by atoms with Crippen molar-refractivity contribution in [2.75, 3.05) is 16.0 Å². The van der Waals surface area contributed by atoms with Gasteiger partial charge in [0.25, 0.3) is 0 Å². The lowest BCUT2D eigenvalue weighted by molar-refractivity contribution is -0.119. The number of nitrogens with zero attached hydrogens (tertiary/aromatic N) is 3. The Morgan fingerprint density at radius 1 is 1.22 bits per heavy atom.